The molecule has 0 aromatic carbocycles. The Bertz CT molecular complexity index is 725. The summed E-state index contributed by atoms with van der Waals surface area (Å²) >= 11 is 0. The topological polar surface area (TPSA) is 119 Å². The van der Waals surface area contributed by atoms with Crippen LogP contribution in [0.5, 0.6) is 0 Å². The minimum Gasteiger partial charge on any atom is -0.393 e. The van der Waals surface area contributed by atoms with Crippen LogP contribution in [-0.4, -0.2) is 30.3 Å². The molecule has 8 nitrogen and oxygen atoms in total. The third kappa shape index (κ3) is 2.60. The van der Waals surface area contributed by atoms with Gasteiger partial charge in [0.25, 0.3) is 5.56 Å². The number of aliphatic hydroxyl groups is 1. The molecule has 0 saturated carbocycles. The Morgan fingerprint density at radius 3 is 2.75 bits per heavy atom. The predicted octanol–water partition coefficient (Wildman–Crippen LogP) is -0.443. The second-order valence-corrected chi connectivity index (χ2v) is 4.96. The number of anilines is 1. The molecule has 0 aliphatic carbocycles. The fraction of sp³-hybridized carbons (Fsp3) is 0.583. The van der Waals surface area contributed by atoms with Crippen molar-refractivity contribution >= 4 is 17.1 Å². The van der Waals surface area contributed by atoms with Crippen molar-refractivity contribution in [3.05, 3.63) is 20.8 Å². The van der Waals surface area contributed by atoms with Crippen LogP contribution in [0.15, 0.2) is 9.59 Å². The van der Waals surface area contributed by atoms with Crippen LogP contribution < -0.4 is 17.0 Å². The maximum atomic E-state index is 12.2. The Hall–Kier alpha value is -2.09. The van der Waals surface area contributed by atoms with Gasteiger partial charge in [0.2, 0.25) is 0 Å². The van der Waals surface area contributed by atoms with Crippen molar-refractivity contribution < 1.29 is 5.11 Å². The number of rotatable bonds is 5. The highest BCUT2D eigenvalue weighted by Gasteiger charge is 2.14. The van der Waals surface area contributed by atoms with Gasteiger partial charge in [-0.3, -0.25) is 13.9 Å². The summed E-state index contributed by atoms with van der Waals surface area (Å²) < 4.78 is 2.47. The summed E-state index contributed by atoms with van der Waals surface area (Å²) in [6, 6.07) is 0. The monoisotopic (exact) mass is 281 g/mol. The molecule has 1 atom stereocenters. The van der Waals surface area contributed by atoms with E-state index in [1.807, 2.05) is 0 Å². The molecule has 0 saturated heterocycles. The smallest absolute Gasteiger partial charge is 0.332 e. The Morgan fingerprint density at radius 2 is 2.10 bits per heavy atom. The lowest BCUT2D eigenvalue weighted by molar-refractivity contribution is 0.180. The van der Waals surface area contributed by atoms with Crippen LogP contribution in [0.3, 0.4) is 0 Å². The predicted molar refractivity (Wildman–Crippen MR) is 75.5 cm³/mol. The molecule has 0 amide bonds. The standard InChI is InChI=1S/C12H19N5O3/c1-7(18)5-3-4-6-17-10(19)8-9(15-11(13)14-8)16(2)12(17)20/h7,18H,3-6H2,1-2H3,(H3,13,14,15). The lowest BCUT2D eigenvalue weighted by Gasteiger charge is -2.08. The van der Waals surface area contributed by atoms with Crippen molar-refractivity contribution in [1.29, 1.82) is 0 Å². The number of nitrogens with one attached hydrogen (secondary N) is 1. The number of unbranched alkanes of at least 4 members (excludes halogenated alkanes) is 1. The van der Waals surface area contributed by atoms with E-state index in [0.717, 1.165) is 6.42 Å². The molecule has 4 N–H and O–H groups in total. The van der Waals surface area contributed by atoms with Gasteiger partial charge >= 0.3 is 5.69 Å². The fourth-order valence-corrected chi connectivity index (χ4v) is 2.17. The highest BCUT2D eigenvalue weighted by atomic mass is 16.3. The number of imidazole rings is 1. The summed E-state index contributed by atoms with van der Waals surface area (Å²) in [6.07, 6.45) is 1.67. The summed E-state index contributed by atoms with van der Waals surface area (Å²) in [5.41, 5.74) is 5.20. The molecule has 20 heavy (non-hydrogen) atoms. The molecule has 0 aliphatic heterocycles. The third-order valence-corrected chi connectivity index (χ3v) is 3.25. The molecule has 0 radical (unpaired) electrons. The first-order valence-electron chi connectivity index (χ1n) is 6.55. The number of nitrogens with zero attached hydrogens (tertiary/aromatic N) is 3. The minimum absolute atomic E-state index is 0.110. The van der Waals surface area contributed by atoms with Crippen molar-refractivity contribution in [2.75, 3.05) is 5.73 Å². The quantitative estimate of drug-likeness (QED) is 0.642. The van der Waals surface area contributed by atoms with Crippen LogP contribution in [-0.2, 0) is 13.6 Å². The molecular formula is C12H19N5O3. The average molecular weight is 281 g/mol. The van der Waals surface area contributed by atoms with Gasteiger partial charge in [-0.05, 0) is 26.2 Å². The van der Waals surface area contributed by atoms with Gasteiger partial charge < -0.3 is 15.8 Å². The van der Waals surface area contributed by atoms with Crippen molar-refractivity contribution in [2.24, 2.45) is 7.05 Å². The first-order valence-corrected chi connectivity index (χ1v) is 6.55. The molecule has 2 aromatic rings. The number of aromatic nitrogens is 4. The van der Waals surface area contributed by atoms with Gasteiger partial charge in [-0.25, -0.2) is 4.79 Å². The van der Waals surface area contributed by atoms with Crippen molar-refractivity contribution in [1.82, 2.24) is 19.1 Å². The summed E-state index contributed by atoms with van der Waals surface area (Å²) in [4.78, 5) is 31.0. The van der Waals surface area contributed by atoms with Crippen LogP contribution in [0, 0.1) is 0 Å². The van der Waals surface area contributed by atoms with Crippen molar-refractivity contribution in [3.8, 4) is 0 Å². The number of aromatic amines is 1. The van der Waals surface area contributed by atoms with E-state index in [1.54, 1.807) is 14.0 Å². The number of fused-ring (bicyclic) bond motifs is 1. The van der Waals surface area contributed by atoms with Crippen LogP contribution in [0.4, 0.5) is 5.95 Å². The molecule has 2 rings (SSSR count). The van der Waals surface area contributed by atoms with E-state index in [9.17, 15) is 14.7 Å². The molecule has 0 spiro atoms. The van der Waals surface area contributed by atoms with Crippen molar-refractivity contribution in [2.45, 2.75) is 38.8 Å². The van der Waals surface area contributed by atoms with Gasteiger partial charge in [0.1, 0.15) is 0 Å². The van der Waals surface area contributed by atoms with Crippen LogP contribution in [0.1, 0.15) is 26.2 Å². The van der Waals surface area contributed by atoms with Crippen LogP contribution in [0.2, 0.25) is 0 Å². The maximum absolute atomic E-state index is 12.2. The number of hydrogen-bond acceptors (Lipinski definition) is 5. The minimum atomic E-state index is -0.413. The number of hydrogen-bond donors (Lipinski definition) is 3. The van der Waals surface area contributed by atoms with Gasteiger partial charge in [-0.1, -0.05) is 0 Å². The van der Waals surface area contributed by atoms with E-state index in [0.29, 0.717) is 19.4 Å². The molecular weight excluding hydrogens is 262 g/mol. The first-order chi connectivity index (χ1) is 9.41. The second kappa shape index (κ2) is 5.49. The summed E-state index contributed by atoms with van der Waals surface area (Å²) in [7, 11) is 1.55. The molecule has 2 heterocycles. The zero-order chi connectivity index (χ0) is 14.9. The number of aliphatic hydroxyl groups excluding tert-OH is 1. The molecule has 0 bridgehead atoms. The highest BCUT2D eigenvalue weighted by molar-refractivity contribution is 5.72. The summed E-state index contributed by atoms with van der Waals surface area (Å²) in [5, 5.41) is 9.19. The van der Waals surface area contributed by atoms with E-state index in [4.69, 9.17) is 5.73 Å². The fourth-order valence-electron chi connectivity index (χ4n) is 2.17. The first kappa shape index (κ1) is 14.3. The Labute approximate surface area is 114 Å². The number of aryl methyl sites for hydroxylation is 1. The van der Waals surface area contributed by atoms with Crippen LogP contribution >= 0.6 is 0 Å². The largest absolute Gasteiger partial charge is 0.393 e. The number of H-pyrrole nitrogens is 1. The van der Waals surface area contributed by atoms with Gasteiger partial charge in [0.05, 0.1) is 6.10 Å². The van der Waals surface area contributed by atoms with Gasteiger partial charge in [-0.2, -0.15) is 4.98 Å². The highest BCUT2D eigenvalue weighted by Crippen LogP contribution is 2.06. The van der Waals surface area contributed by atoms with E-state index in [2.05, 4.69) is 9.97 Å². The average Bonchev–Trinajstić information content (AvgIpc) is 2.77. The Balaban J connectivity index is 2.34. The van der Waals surface area contributed by atoms with E-state index < -0.39 is 11.2 Å². The summed E-state index contributed by atoms with van der Waals surface area (Å²) in [6.45, 7) is 2.03. The third-order valence-electron chi connectivity index (χ3n) is 3.25. The molecule has 8 heteroatoms. The molecule has 2 aromatic heterocycles. The van der Waals surface area contributed by atoms with Crippen molar-refractivity contribution in [3.63, 3.8) is 0 Å². The molecule has 1 unspecified atom stereocenters. The zero-order valence-electron chi connectivity index (χ0n) is 11.6. The maximum Gasteiger partial charge on any atom is 0.332 e. The lowest BCUT2D eigenvalue weighted by Crippen LogP contribution is -2.39. The molecule has 0 aliphatic rings. The molecule has 0 fully saturated rings. The number of nitrogens with two attached hydrogens (primary N) is 1. The van der Waals surface area contributed by atoms with E-state index in [-0.39, 0.29) is 23.2 Å². The zero-order valence-corrected chi connectivity index (χ0v) is 11.6. The number of nitrogen functional groups attached to an aromatic ring is 1. The summed E-state index contributed by atoms with van der Waals surface area (Å²) in [5.74, 6) is 0.110. The Morgan fingerprint density at radius 1 is 1.40 bits per heavy atom. The van der Waals surface area contributed by atoms with E-state index >= 15 is 0 Å². The van der Waals surface area contributed by atoms with Crippen LogP contribution in [0.25, 0.3) is 11.2 Å². The second-order valence-electron chi connectivity index (χ2n) is 4.96. The van der Waals surface area contributed by atoms with Gasteiger partial charge in [-0.15, -0.1) is 0 Å². The normalized spacial score (nSPS) is 12.9. The van der Waals surface area contributed by atoms with Gasteiger partial charge in [0.15, 0.2) is 17.1 Å². The SMILES string of the molecule is CC(O)CCCCn1c(=O)c2[nH]c(N)nc2n(C)c1=O. The molecule has 110 valence electrons. The Kier molecular flexibility index (Phi) is 3.93. The lowest BCUT2D eigenvalue weighted by atomic mass is 10.2. The van der Waals surface area contributed by atoms with E-state index in [1.165, 1.54) is 9.13 Å². The van der Waals surface area contributed by atoms with Gasteiger partial charge in [0, 0.05) is 13.6 Å².